The fourth-order valence-corrected chi connectivity index (χ4v) is 3.00. The number of sulfone groups is 1. The third kappa shape index (κ3) is 3.27. The van der Waals surface area contributed by atoms with Crippen molar-refractivity contribution in [2.24, 2.45) is 0 Å². The van der Waals surface area contributed by atoms with Crippen LogP contribution in [0.3, 0.4) is 0 Å². The van der Waals surface area contributed by atoms with E-state index >= 15 is 0 Å². The average molecular weight is 266 g/mol. The highest BCUT2D eigenvalue weighted by molar-refractivity contribution is 7.92. The van der Waals surface area contributed by atoms with Gasteiger partial charge in [-0.2, -0.15) is 8.42 Å². The van der Waals surface area contributed by atoms with Crippen LogP contribution in [0.2, 0.25) is 0 Å². The van der Waals surface area contributed by atoms with E-state index in [1.165, 1.54) is 24.3 Å². The van der Waals surface area contributed by atoms with Crippen molar-refractivity contribution >= 4 is 20.2 Å². The van der Waals surface area contributed by atoms with Gasteiger partial charge in [0.15, 0.2) is 5.44 Å². The van der Waals surface area contributed by atoms with Gasteiger partial charge in [-0.15, -0.1) is 0 Å². The lowest BCUT2D eigenvalue weighted by Crippen LogP contribution is -2.24. The van der Waals surface area contributed by atoms with E-state index in [9.17, 15) is 16.8 Å². The lowest BCUT2D eigenvalue weighted by atomic mass is 10.4. The first kappa shape index (κ1) is 13.1. The predicted molar refractivity (Wildman–Crippen MR) is 55.7 cm³/mol. The van der Waals surface area contributed by atoms with Crippen molar-refractivity contribution in [1.29, 1.82) is 0 Å². The molecule has 1 unspecified atom stereocenters. The van der Waals surface area contributed by atoms with Gasteiger partial charge in [0.2, 0.25) is 9.84 Å². The van der Waals surface area contributed by atoms with E-state index in [0.717, 1.165) is 6.92 Å². The smallest absolute Gasteiger partial charge is 0.263 e. The molecule has 0 aliphatic carbocycles. The highest BCUT2D eigenvalue weighted by Gasteiger charge is 2.27. The molecule has 6 nitrogen and oxygen atoms in total. The Kier molecular flexibility index (Phi) is 3.68. The summed E-state index contributed by atoms with van der Waals surface area (Å²) >= 11 is 0. The van der Waals surface area contributed by atoms with Gasteiger partial charge in [0.05, 0.1) is 4.90 Å². The standard InChI is InChI=1S/C8H10O6S2/c1-7(14-16(11,12)13)15(9,10)8-5-3-2-4-6-8/h2-7H,1H3,(H,11,12,13). The van der Waals surface area contributed by atoms with Crippen LogP contribution in [0, 0.1) is 0 Å². The molecule has 0 saturated carbocycles. The maximum Gasteiger partial charge on any atom is 0.398 e. The second kappa shape index (κ2) is 4.50. The Bertz CT molecular complexity index is 545. The number of hydrogen-bond acceptors (Lipinski definition) is 5. The van der Waals surface area contributed by atoms with Gasteiger partial charge in [-0.05, 0) is 19.1 Å². The van der Waals surface area contributed by atoms with Crippen LogP contribution in [0.15, 0.2) is 35.2 Å². The first-order valence-electron chi connectivity index (χ1n) is 4.18. The molecule has 0 fully saturated rings. The molecule has 0 aliphatic rings. The van der Waals surface area contributed by atoms with Crippen LogP contribution in [0.5, 0.6) is 0 Å². The van der Waals surface area contributed by atoms with E-state index in [-0.39, 0.29) is 4.90 Å². The molecule has 1 rings (SSSR count). The zero-order chi connectivity index (χ0) is 12.4. The summed E-state index contributed by atoms with van der Waals surface area (Å²) in [5.41, 5.74) is -1.68. The van der Waals surface area contributed by atoms with Gasteiger partial charge in [0.1, 0.15) is 0 Å². The molecule has 1 aromatic rings. The third-order valence-electron chi connectivity index (χ3n) is 1.77. The summed E-state index contributed by atoms with van der Waals surface area (Å²) < 4.78 is 56.6. The zero-order valence-corrected chi connectivity index (χ0v) is 9.90. The van der Waals surface area contributed by atoms with E-state index in [2.05, 4.69) is 4.18 Å². The molecular formula is C8H10O6S2. The lowest BCUT2D eigenvalue weighted by Gasteiger charge is -2.11. The SMILES string of the molecule is CC(OS(=O)(=O)O)S(=O)(=O)c1ccccc1. The minimum absolute atomic E-state index is 0.0776. The number of benzene rings is 1. The molecule has 1 N–H and O–H groups in total. The van der Waals surface area contributed by atoms with E-state index in [1.807, 2.05) is 0 Å². The molecule has 0 amide bonds. The fourth-order valence-electron chi connectivity index (χ4n) is 1.02. The van der Waals surface area contributed by atoms with Gasteiger partial charge in [-0.3, -0.25) is 4.55 Å². The molecule has 16 heavy (non-hydrogen) atoms. The Morgan fingerprint density at radius 1 is 1.12 bits per heavy atom. The molecular weight excluding hydrogens is 256 g/mol. The molecule has 0 spiro atoms. The zero-order valence-electron chi connectivity index (χ0n) is 8.27. The summed E-state index contributed by atoms with van der Waals surface area (Å²) in [5.74, 6) is 0. The second-order valence-electron chi connectivity index (χ2n) is 2.95. The maximum atomic E-state index is 11.7. The topological polar surface area (TPSA) is 97.7 Å². The van der Waals surface area contributed by atoms with Crippen LogP contribution in [0.25, 0.3) is 0 Å². The molecule has 8 heteroatoms. The quantitative estimate of drug-likeness (QED) is 0.802. The van der Waals surface area contributed by atoms with Gasteiger partial charge < -0.3 is 0 Å². The molecule has 0 heterocycles. The summed E-state index contributed by atoms with van der Waals surface area (Å²) in [5, 5.41) is 0. The van der Waals surface area contributed by atoms with Crippen molar-refractivity contribution in [3.05, 3.63) is 30.3 Å². The molecule has 0 saturated heterocycles. The van der Waals surface area contributed by atoms with Crippen molar-refractivity contribution in [2.45, 2.75) is 17.3 Å². The van der Waals surface area contributed by atoms with E-state index in [4.69, 9.17) is 4.55 Å². The van der Waals surface area contributed by atoms with Crippen molar-refractivity contribution in [3.8, 4) is 0 Å². The summed E-state index contributed by atoms with van der Waals surface area (Å²) in [4.78, 5) is -0.0776. The first-order valence-corrected chi connectivity index (χ1v) is 7.09. The maximum absolute atomic E-state index is 11.7. The highest BCUT2D eigenvalue weighted by atomic mass is 32.3. The Balaban J connectivity index is 3.05. The Morgan fingerprint density at radius 2 is 1.62 bits per heavy atom. The van der Waals surface area contributed by atoms with Crippen LogP contribution in [0.4, 0.5) is 0 Å². The number of hydrogen-bond donors (Lipinski definition) is 1. The normalized spacial score (nSPS) is 14.6. The predicted octanol–water partition coefficient (Wildman–Crippen LogP) is 0.626. The second-order valence-corrected chi connectivity index (χ2v) is 6.22. The summed E-state index contributed by atoms with van der Waals surface area (Å²) in [7, 11) is -8.73. The monoisotopic (exact) mass is 266 g/mol. The minimum atomic E-state index is -4.79. The third-order valence-corrected chi connectivity index (χ3v) is 4.32. The van der Waals surface area contributed by atoms with Gasteiger partial charge in [0, 0.05) is 0 Å². The molecule has 0 bridgehead atoms. The van der Waals surface area contributed by atoms with Crippen molar-refractivity contribution in [2.75, 3.05) is 0 Å². The van der Waals surface area contributed by atoms with Crippen molar-refractivity contribution < 1.29 is 25.6 Å². The van der Waals surface area contributed by atoms with Crippen molar-refractivity contribution in [1.82, 2.24) is 0 Å². The van der Waals surface area contributed by atoms with Gasteiger partial charge >= 0.3 is 10.4 Å². The molecule has 1 aromatic carbocycles. The van der Waals surface area contributed by atoms with Gasteiger partial charge in [-0.25, -0.2) is 12.6 Å². The highest BCUT2D eigenvalue weighted by Crippen LogP contribution is 2.17. The molecule has 0 radical (unpaired) electrons. The Morgan fingerprint density at radius 3 is 2.06 bits per heavy atom. The van der Waals surface area contributed by atoms with Gasteiger partial charge in [-0.1, -0.05) is 18.2 Å². The van der Waals surface area contributed by atoms with Crippen molar-refractivity contribution in [3.63, 3.8) is 0 Å². The average Bonchev–Trinajstić information content (AvgIpc) is 2.16. The summed E-state index contributed by atoms with van der Waals surface area (Å²) in [6.45, 7) is 1.02. The van der Waals surface area contributed by atoms with Crippen LogP contribution >= 0.6 is 0 Å². The van der Waals surface area contributed by atoms with E-state index in [0.29, 0.717) is 0 Å². The molecule has 0 aliphatic heterocycles. The minimum Gasteiger partial charge on any atom is -0.263 e. The Labute approximate surface area is 93.7 Å². The van der Waals surface area contributed by atoms with E-state index < -0.39 is 25.7 Å². The number of rotatable bonds is 4. The molecule has 0 aromatic heterocycles. The van der Waals surface area contributed by atoms with Crippen LogP contribution in [-0.4, -0.2) is 26.8 Å². The van der Waals surface area contributed by atoms with Crippen LogP contribution in [-0.2, 0) is 24.4 Å². The lowest BCUT2D eigenvalue weighted by molar-refractivity contribution is 0.251. The van der Waals surface area contributed by atoms with Crippen LogP contribution < -0.4 is 0 Å². The van der Waals surface area contributed by atoms with E-state index in [1.54, 1.807) is 6.07 Å². The summed E-state index contributed by atoms with van der Waals surface area (Å²) in [6.07, 6.45) is 0. The first-order chi connectivity index (χ1) is 7.23. The van der Waals surface area contributed by atoms with Gasteiger partial charge in [0.25, 0.3) is 0 Å². The Hall–Kier alpha value is -0.960. The fraction of sp³-hybridized carbons (Fsp3) is 0.250. The van der Waals surface area contributed by atoms with Crippen LogP contribution in [0.1, 0.15) is 6.92 Å². The molecule has 90 valence electrons. The summed E-state index contributed by atoms with van der Waals surface area (Å²) in [6, 6.07) is 7.21. The largest absolute Gasteiger partial charge is 0.398 e. The molecule has 1 atom stereocenters.